The van der Waals surface area contributed by atoms with Gasteiger partial charge in [0, 0.05) is 17.7 Å². The van der Waals surface area contributed by atoms with Gasteiger partial charge in [0.2, 0.25) is 0 Å². The first-order chi connectivity index (χ1) is 13.8. The highest BCUT2D eigenvalue weighted by molar-refractivity contribution is 6.36. The normalized spacial score (nSPS) is 10.4. The van der Waals surface area contributed by atoms with Gasteiger partial charge in [-0.2, -0.15) is 0 Å². The van der Waals surface area contributed by atoms with E-state index in [1.54, 1.807) is 0 Å². The smallest absolute Gasteiger partial charge is 0.511 e. The van der Waals surface area contributed by atoms with Gasteiger partial charge in [0.25, 0.3) is 0 Å². The van der Waals surface area contributed by atoms with Crippen LogP contribution in [0.5, 0.6) is 0 Å². The summed E-state index contributed by atoms with van der Waals surface area (Å²) in [6.07, 6.45) is 1.86. The first-order valence-electron chi connectivity index (χ1n) is 9.66. The largest absolute Gasteiger partial charge is 0.710 e. The van der Waals surface area contributed by atoms with E-state index in [2.05, 4.69) is 6.92 Å². The molecular formula is C24H25BO3. The SMILES string of the molecule is CCCCOB(O)OC(=C(c1ccccc1)c1ccccc1)c1ccccc1. The summed E-state index contributed by atoms with van der Waals surface area (Å²) in [5, 5.41) is 10.4. The molecule has 3 nitrogen and oxygen atoms in total. The van der Waals surface area contributed by atoms with E-state index in [-0.39, 0.29) is 0 Å². The van der Waals surface area contributed by atoms with Crippen molar-refractivity contribution in [1.82, 2.24) is 0 Å². The first-order valence-corrected chi connectivity index (χ1v) is 9.66. The van der Waals surface area contributed by atoms with E-state index in [0.29, 0.717) is 12.4 Å². The number of hydrogen-bond donors (Lipinski definition) is 1. The Kier molecular flexibility index (Phi) is 7.48. The van der Waals surface area contributed by atoms with Crippen molar-refractivity contribution in [2.45, 2.75) is 19.8 Å². The van der Waals surface area contributed by atoms with E-state index in [0.717, 1.165) is 35.1 Å². The fraction of sp³-hybridized carbons (Fsp3) is 0.167. The number of benzene rings is 3. The van der Waals surface area contributed by atoms with Crippen LogP contribution < -0.4 is 0 Å². The predicted octanol–water partition coefficient (Wildman–Crippen LogP) is 5.41. The molecule has 1 N–H and O–H groups in total. The van der Waals surface area contributed by atoms with Crippen molar-refractivity contribution in [3.8, 4) is 0 Å². The maximum Gasteiger partial charge on any atom is 0.710 e. The highest BCUT2D eigenvalue weighted by atomic mass is 16.7. The Hall–Kier alpha value is -2.82. The lowest BCUT2D eigenvalue weighted by atomic mass is 9.93. The third-order valence-corrected chi connectivity index (χ3v) is 4.36. The number of unbranched alkanes of at least 4 members (excludes halogenated alkanes) is 1. The van der Waals surface area contributed by atoms with Crippen LogP contribution in [0, 0.1) is 0 Å². The molecule has 0 fully saturated rings. The van der Waals surface area contributed by atoms with E-state index in [4.69, 9.17) is 9.31 Å². The van der Waals surface area contributed by atoms with E-state index in [9.17, 15) is 5.02 Å². The second kappa shape index (κ2) is 10.5. The summed E-state index contributed by atoms with van der Waals surface area (Å²) < 4.78 is 11.4. The summed E-state index contributed by atoms with van der Waals surface area (Å²) >= 11 is 0. The van der Waals surface area contributed by atoms with Crippen molar-refractivity contribution in [1.29, 1.82) is 0 Å². The zero-order valence-electron chi connectivity index (χ0n) is 16.1. The van der Waals surface area contributed by atoms with Crippen LogP contribution in [0.2, 0.25) is 0 Å². The number of rotatable bonds is 9. The average Bonchev–Trinajstić information content (AvgIpc) is 2.76. The van der Waals surface area contributed by atoms with Gasteiger partial charge in [-0.1, -0.05) is 104 Å². The minimum atomic E-state index is -1.33. The molecule has 0 aliphatic carbocycles. The van der Waals surface area contributed by atoms with E-state index in [1.165, 1.54) is 0 Å². The molecule has 0 saturated heterocycles. The summed E-state index contributed by atoms with van der Waals surface area (Å²) in [7, 11) is -1.33. The number of hydrogen-bond acceptors (Lipinski definition) is 3. The van der Waals surface area contributed by atoms with Crippen molar-refractivity contribution in [3.05, 3.63) is 108 Å². The van der Waals surface area contributed by atoms with Gasteiger partial charge in [0.05, 0.1) is 0 Å². The van der Waals surface area contributed by atoms with Crippen molar-refractivity contribution in [2.75, 3.05) is 6.61 Å². The van der Waals surface area contributed by atoms with Crippen LogP contribution in [-0.2, 0) is 9.31 Å². The standard InChI is InChI=1S/C24H25BO3/c1-2-3-19-27-25(26)28-24(22-17-11-6-12-18-22)23(20-13-7-4-8-14-20)21-15-9-5-10-16-21/h4-18,26H,2-3,19H2,1H3. The molecule has 0 aromatic heterocycles. The van der Waals surface area contributed by atoms with Gasteiger partial charge in [-0.25, -0.2) is 0 Å². The summed E-state index contributed by atoms with van der Waals surface area (Å²) in [5.41, 5.74) is 3.80. The van der Waals surface area contributed by atoms with Gasteiger partial charge in [-0.05, 0) is 17.5 Å². The van der Waals surface area contributed by atoms with Crippen molar-refractivity contribution < 1.29 is 14.3 Å². The summed E-state index contributed by atoms with van der Waals surface area (Å²) in [6, 6.07) is 29.9. The molecule has 0 amide bonds. The highest BCUT2D eigenvalue weighted by Crippen LogP contribution is 2.33. The highest BCUT2D eigenvalue weighted by Gasteiger charge is 2.24. The molecular weight excluding hydrogens is 347 g/mol. The molecule has 0 heterocycles. The zero-order chi connectivity index (χ0) is 19.6. The van der Waals surface area contributed by atoms with Gasteiger partial charge < -0.3 is 14.3 Å². The molecule has 28 heavy (non-hydrogen) atoms. The van der Waals surface area contributed by atoms with E-state index in [1.807, 2.05) is 91.0 Å². The van der Waals surface area contributed by atoms with Crippen molar-refractivity contribution >= 4 is 18.7 Å². The molecule has 0 atom stereocenters. The average molecular weight is 372 g/mol. The van der Waals surface area contributed by atoms with Crippen LogP contribution in [-0.4, -0.2) is 19.0 Å². The Labute approximate surface area is 167 Å². The van der Waals surface area contributed by atoms with Crippen LogP contribution in [0.1, 0.15) is 36.5 Å². The zero-order valence-corrected chi connectivity index (χ0v) is 16.1. The maximum atomic E-state index is 10.4. The van der Waals surface area contributed by atoms with Crippen LogP contribution in [0.3, 0.4) is 0 Å². The van der Waals surface area contributed by atoms with Gasteiger partial charge >= 0.3 is 7.32 Å². The van der Waals surface area contributed by atoms with Gasteiger partial charge in [0.15, 0.2) is 0 Å². The van der Waals surface area contributed by atoms with Crippen LogP contribution in [0.15, 0.2) is 91.0 Å². The Morgan fingerprint density at radius 1 is 0.750 bits per heavy atom. The maximum absolute atomic E-state index is 10.4. The molecule has 0 aliphatic rings. The Bertz CT molecular complexity index is 823. The Morgan fingerprint density at radius 3 is 1.68 bits per heavy atom. The molecule has 3 rings (SSSR count). The lowest BCUT2D eigenvalue weighted by molar-refractivity contribution is 0.180. The topological polar surface area (TPSA) is 38.7 Å². The molecule has 0 bridgehead atoms. The van der Waals surface area contributed by atoms with Crippen LogP contribution in [0.25, 0.3) is 11.3 Å². The molecule has 0 saturated carbocycles. The molecule has 3 aromatic rings. The van der Waals surface area contributed by atoms with Crippen molar-refractivity contribution in [2.24, 2.45) is 0 Å². The molecule has 3 aromatic carbocycles. The van der Waals surface area contributed by atoms with Crippen LogP contribution >= 0.6 is 0 Å². The van der Waals surface area contributed by atoms with E-state index >= 15 is 0 Å². The molecule has 0 spiro atoms. The predicted molar refractivity (Wildman–Crippen MR) is 115 cm³/mol. The summed E-state index contributed by atoms with van der Waals surface area (Å²) in [6.45, 7) is 2.53. The lowest BCUT2D eigenvalue weighted by Gasteiger charge is -2.19. The van der Waals surface area contributed by atoms with Crippen molar-refractivity contribution in [3.63, 3.8) is 0 Å². The minimum absolute atomic E-state index is 0.450. The summed E-state index contributed by atoms with van der Waals surface area (Å²) in [5.74, 6) is 0.585. The van der Waals surface area contributed by atoms with Gasteiger partial charge in [0.1, 0.15) is 5.76 Å². The Morgan fingerprint density at radius 2 is 1.21 bits per heavy atom. The fourth-order valence-corrected chi connectivity index (χ4v) is 2.96. The second-order valence-electron chi connectivity index (χ2n) is 6.45. The molecule has 0 unspecified atom stereocenters. The third kappa shape index (κ3) is 5.35. The second-order valence-corrected chi connectivity index (χ2v) is 6.45. The van der Waals surface area contributed by atoms with Crippen LogP contribution in [0.4, 0.5) is 0 Å². The molecule has 0 aliphatic heterocycles. The molecule has 0 radical (unpaired) electrons. The fourth-order valence-electron chi connectivity index (χ4n) is 2.96. The van der Waals surface area contributed by atoms with Gasteiger partial charge in [-0.3, -0.25) is 0 Å². The van der Waals surface area contributed by atoms with Gasteiger partial charge in [-0.15, -0.1) is 0 Å². The summed E-state index contributed by atoms with van der Waals surface area (Å²) in [4.78, 5) is 0. The minimum Gasteiger partial charge on any atom is -0.511 e. The Balaban J connectivity index is 2.10. The lowest BCUT2D eigenvalue weighted by Crippen LogP contribution is -2.23. The van der Waals surface area contributed by atoms with E-state index < -0.39 is 7.32 Å². The molecule has 142 valence electrons. The monoisotopic (exact) mass is 372 g/mol. The first kappa shape index (κ1) is 19.9. The third-order valence-electron chi connectivity index (χ3n) is 4.36. The molecule has 4 heteroatoms. The quantitative estimate of drug-likeness (QED) is 0.236.